The minimum atomic E-state index is -0.884. The summed E-state index contributed by atoms with van der Waals surface area (Å²) in [7, 11) is 1.57. The molecule has 2 amide bonds. The lowest BCUT2D eigenvalue weighted by Gasteiger charge is -2.37. The number of rotatable bonds is 12. The number of likely N-dealkylation sites (N-methyl/N-ethyl adjacent to an activating group) is 1. The van der Waals surface area contributed by atoms with Gasteiger partial charge in [0.15, 0.2) is 0 Å². The number of aliphatic carboxylic acids is 1. The Morgan fingerprint density at radius 3 is 2.48 bits per heavy atom. The summed E-state index contributed by atoms with van der Waals surface area (Å²) in [4.78, 5) is 36.6. The molecule has 1 rings (SSSR count). The lowest BCUT2D eigenvalue weighted by molar-refractivity contribution is -0.151. The van der Waals surface area contributed by atoms with Gasteiger partial charge in [-0.1, -0.05) is 52.4 Å². The summed E-state index contributed by atoms with van der Waals surface area (Å²) in [6.45, 7) is 4.47. The van der Waals surface area contributed by atoms with Gasteiger partial charge in [0.25, 0.3) is 0 Å². The largest absolute Gasteiger partial charge is 0.481 e. The first-order valence-corrected chi connectivity index (χ1v) is 10.4. The molecule has 1 aliphatic rings. The van der Waals surface area contributed by atoms with E-state index in [1.807, 2.05) is 0 Å². The highest BCUT2D eigenvalue weighted by atomic mass is 16.4. The SMILES string of the molecule is CCCCCCCC[C@H](C[C@H](C)C(=O)O)C(=O)N1NCCC[C@H]1C(=O)NC. The third kappa shape index (κ3) is 7.87. The molecule has 3 N–H and O–H groups in total. The van der Waals surface area contributed by atoms with Crippen LogP contribution in [0, 0.1) is 11.8 Å². The number of carbonyl (C=O) groups excluding carboxylic acids is 2. The van der Waals surface area contributed by atoms with Crippen LogP contribution in [0.25, 0.3) is 0 Å². The van der Waals surface area contributed by atoms with Crippen molar-refractivity contribution in [3.8, 4) is 0 Å². The molecule has 1 heterocycles. The summed E-state index contributed by atoms with van der Waals surface area (Å²) in [6, 6.07) is -0.525. The number of unbranched alkanes of at least 4 members (excludes halogenated alkanes) is 5. The van der Waals surface area contributed by atoms with Crippen LogP contribution in [-0.2, 0) is 14.4 Å². The summed E-state index contributed by atoms with van der Waals surface area (Å²) in [6.07, 6.45) is 9.15. The predicted molar refractivity (Wildman–Crippen MR) is 105 cm³/mol. The third-order valence-electron chi connectivity index (χ3n) is 5.35. The van der Waals surface area contributed by atoms with Gasteiger partial charge in [-0.3, -0.25) is 19.4 Å². The first kappa shape index (κ1) is 23.4. The number of carbonyl (C=O) groups is 3. The Bertz CT molecular complexity index is 484. The second kappa shape index (κ2) is 12.7. The molecule has 0 aromatic rings. The van der Waals surface area contributed by atoms with E-state index in [0.29, 0.717) is 25.8 Å². The molecule has 0 saturated carbocycles. The fraction of sp³-hybridized carbons (Fsp3) is 0.850. The van der Waals surface area contributed by atoms with Gasteiger partial charge in [-0.05, 0) is 25.7 Å². The Kier molecular flexibility index (Phi) is 11.0. The van der Waals surface area contributed by atoms with E-state index in [1.165, 1.54) is 24.3 Å². The van der Waals surface area contributed by atoms with Crippen LogP contribution < -0.4 is 10.7 Å². The van der Waals surface area contributed by atoms with Gasteiger partial charge in [0.05, 0.1) is 5.92 Å². The molecule has 0 aromatic carbocycles. The molecule has 1 fully saturated rings. The molecule has 0 aliphatic carbocycles. The minimum absolute atomic E-state index is 0.148. The van der Waals surface area contributed by atoms with Crippen LogP contribution in [0.5, 0.6) is 0 Å². The number of hydrogen-bond acceptors (Lipinski definition) is 4. The zero-order chi connectivity index (χ0) is 20.2. The fourth-order valence-corrected chi connectivity index (χ4v) is 3.62. The lowest BCUT2D eigenvalue weighted by Crippen LogP contribution is -2.59. The van der Waals surface area contributed by atoms with Crippen LogP contribution in [0.15, 0.2) is 0 Å². The average Bonchev–Trinajstić information content (AvgIpc) is 2.68. The summed E-state index contributed by atoms with van der Waals surface area (Å²) < 4.78 is 0. The Balaban J connectivity index is 2.74. The van der Waals surface area contributed by atoms with E-state index in [-0.39, 0.29) is 17.7 Å². The molecule has 1 aliphatic heterocycles. The van der Waals surface area contributed by atoms with Crippen LogP contribution >= 0.6 is 0 Å². The van der Waals surface area contributed by atoms with E-state index in [1.54, 1.807) is 14.0 Å². The number of amides is 2. The third-order valence-corrected chi connectivity index (χ3v) is 5.35. The lowest BCUT2D eigenvalue weighted by atomic mass is 9.89. The van der Waals surface area contributed by atoms with E-state index in [4.69, 9.17) is 0 Å². The summed E-state index contributed by atoms with van der Waals surface area (Å²) in [5.74, 6) is -2.17. The van der Waals surface area contributed by atoms with E-state index in [0.717, 1.165) is 25.7 Å². The van der Waals surface area contributed by atoms with Crippen molar-refractivity contribution in [1.82, 2.24) is 15.8 Å². The molecule has 0 bridgehead atoms. The molecule has 7 nitrogen and oxygen atoms in total. The van der Waals surface area contributed by atoms with Crippen molar-refractivity contribution in [2.24, 2.45) is 11.8 Å². The van der Waals surface area contributed by atoms with E-state index >= 15 is 0 Å². The average molecular weight is 384 g/mol. The van der Waals surface area contributed by atoms with Crippen LogP contribution in [0.1, 0.15) is 78.1 Å². The summed E-state index contributed by atoms with van der Waals surface area (Å²) in [5.41, 5.74) is 3.06. The normalized spacial score (nSPS) is 19.4. The Labute approximate surface area is 163 Å². The molecule has 156 valence electrons. The summed E-state index contributed by atoms with van der Waals surface area (Å²) in [5, 5.41) is 13.3. The molecule has 1 saturated heterocycles. The molecule has 0 spiro atoms. The second-order valence-electron chi connectivity index (χ2n) is 7.62. The molecular formula is C20H37N3O4. The van der Waals surface area contributed by atoms with Crippen LogP contribution in [0.3, 0.4) is 0 Å². The van der Waals surface area contributed by atoms with Gasteiger partial charge in [-0.2, -0.15) is 0 Å². The van der Waals surface area contributed by atoms with Crippen molar-refractivity contribution in [3.63, 3.8) is 0 Å². The highest BCUT2D eigenvalue weighted by Crippen LogP contribution is 2.24. The van der Waals surface area contributed by atoms with Crippen molar-refractivity contribution < 1.29 is 19.5 Å². The second-order valence-corrected chi connectivity index (χ2v) is 7.62. The molecule has 0 radical (unpaired) electrons. The van der Waals surface area contributed by atoms with Crippen molar-refractivity contribution in [2.75, 3.05) is 13.6 Å². The first-order valence-electron chi connectivity index (χ1n) is 10.4. The van der Waals surface area contributed by atoms with Crippen molar-refractivity contribution in [2.45, 2.75) is 84.1 Å². The van der Waals surface area contributed by atoms with E-state index < -0.39 is 17.9 Å². The van der Waals surface area contributed by atoms with E-state index in [9.17, 15) is 19.5 Å². The molecule has 7 heteroatoms. The maximum atomic E-state index is 13.1. The minimum Gasteiger partial charge on any atom is -0.481 e. The monoisotopic (exact) mass is 383 g/mol. The van der Waals surface area contributed by atoms with Crippen molar-refractivity contribution >= 4 is 17.8 Å². The molecule has 0 unspecified atom stereocenters. The number of hydrogen-bond donors (Lipinski definition) is 3. The first-order chi connectivity index (χ1) is 12.9. The topological polar surface area (TPSA) is 98.7 Å². The van der Waals surface area contributed by atoms with Crippen molar-refractivity contribution in [3.05, 3.63) is 0 Å². The number of hydrazine groups is 1. The maximum Gasteiger partial charge on any atom is 0.306 e. The number of nitrogens with zero attached hydrogens (tertiary/aromatic N) is 1. The van der Waals surface area contributed by atoms with Gasteiger partial charge in [0.1, 0.15) is 6.04 Å². The molecule has 0 aromatic heterocycles. The molecule has 27 heavy (non-hydrogen) atoms. The Hall–Kier alpha value is -1.63. The highest BCUT2D eigenvalue weighted by molar-refractivity contribution is 5.88. The Morgan fingerprint density at radius 2 is 1.85 bits per heavy atom. The van der Waals surface area contributed by atoms with Gasteiger partial charge in [0, 0.05) is 19.5 Å². The van der Waals surface area contributed by atoms with Crippen LogP contribution in [0.2, 0.25) is 0 Å². The fourth-order valence-electron chi connectivity index (χ4n) is 3.62. The molecule has 3 atom stereocenters. The smallest absolute Gasteiger partial charge is 0.306 e. The molecular weight excluding hydrogens is 346 g/mol. The van der Waals surface area contributed by atoms with Crippen molar-refractivity contribution in [1.29, 1.82) is 0 Å². The van der Waals surface area contributed by atoms with E-state index in [2.05, 4.69) is 17.7 Å². The van der Waals surface area contributed by atoms with Gasteiger partial charge in [0.2, 0.25) is 11.8 Å². The predicted octanol–water partition coefficient (Wildman–Crippen LogP) is 2.71. The van der Waals surface area contributed by atoms with Gasteiger partial charge in [-0.15, -0.1) is 0 Å². The van der Waals surface area contributed by atoms with Gasteiger partial charge < -0.3 is 10.4 Å². The number of carboxylic acid groups (broad SMARTS) is 1. The quantitative estimate of drug-likeness (QED) is 0.450. The zero-order valence-electron chi connectivity index (χ0n) is 17.1. The Morgan fingerprint density at radius 1 is 1.19 bits per heavy atom. The van der Waals surface area contributed by atoms with Crippen LogP contribution in [-0.4, -0.2) is 47.5 Å². The maximum absolute atomic E-state index is 13.1. The van der Waals surface area contributed by atoms with Crippen LogP contribution in [0.4, 0.5) is 0 Å². The number of nitrogens with one attached hydrogen (secondary N) is 2. The highest BCUT2D eigenvalue weighted by Gasteiger charge is 2.36. The van der Waals surface area contributed by atoms with Gasteiger partial charge in [-0.25, -0.2) is 5.43 Å². The number of carboxylic acids is 1. The zero-order valence-corrected chi connectivity index (χ0v) is 17.1. The van der Waals surface area contributed by atoms with Gasteiger partial charge >= 0.3 is 5.97 Å². The standard InChI is InChI=1S/C20H37N3O4/c1-4-5-6-7-8-9-11-16(14-15(2)20(26)27)19(25)23-17(18(24)21-3)12-10-13-22-23/h15-17,22H,4-14H2,1-3H3,(H,21,24)(H,26,27)/t15-,16+,17-/m0/s1. The summed E-state index contributed by atoms with van der Waals surface area (Å²) >= 11 is 0.